The summed E-state index contributed by atoms with van der Waals surface area (Å²) in [4.78, 5) is 12.1. The number of ether oxygens (including phenoxy) is 1. The molecule has 6 nitrogen and oxygen atoms in total. The molecule has 0 saturated carbocycles. The first-order valence-electron chi connectivity index (χ1n) is 5.82. The molecule has 1 aromatic rings. The summed E-state index contributed by atoms with van der Waals surface area (Å²) in [5.74, 6) is -0.0665. The van der Waals surface area contributed by atoms with Gasteiger partial charge in [0, 0.05) is 18.7 Å². The zero-order chi connectivity index (χ0) is 11.7. The van der Waals surface area contributed by atoms with Crippen molar-refractivity contribution in [2.24, 2.45) is 0 Å². The normalized spacial score (nSPS) is 20.4. The standard InChI is InChI=1S/C11H14N4O2/c16-11(8-2-1-3-17-7-8)10-6-15(14-13-10)9-4-12-5-9/h6-7,9,12H,1-5H2. The number of carbonyl (C=O) groups excluding carboxylic acids is 1. The maximum Gasteiger partial charge on any atom is 0.213 e. The first kappa shape index (κ1) is 10.5. The number of ketones is 1. The van der Waals surface area contributed by atoms with E-state index in [0.717, 1.165) is 25.9 Å². The molecule has 3 rings (SSSR count). The lowest BCUT2D eigenvalue weighted by molar-refractivity contribution is 0.100. The highest BCUT2D eigenvalue weighted by Gasteiger charge is 2.23. The molecule has 6 heteroatoms. The number of aromatic nitrogens is 3. The van der Waals surface area contributed by atoms with Crippen LogP contribution in [0.5, 0.6) is 0 Å². The van der Waals surface area contributed by atoms with Gasteiger partial charge in [-0.1, -0.05) is 5.21 Å². The third-order valence-corrected chi connectivity index (χ3v) is 3.10. The van der Waals surface area contributed by atoms with Gasteiger partial charge in [0.2, 0.25) is 5.78 Å². The maximum atomic E-state index is 12.1. The van der Waals surface area contributed by atoms with Gasteiger partial charge in [-0.05, 0) is 12.8 Å². The molecule has 1 fully saturated rings. The van der Waals surface area contributed by atoms with Gasteiger partial charge >= 0.3 is 0 Å². The van der Waals surface area contributed by atoms with Crippen LogP contribution in [0.15, 0.2) is 18.0 Å². The molecule has 0 atom stereocenters. The first-order valence-corrected chi connectivity index (χ1v) is 5.82. The minimum atomic E-state index is -0.0665. The monoisotopic (exact) mass is 234 g/mol. The number of rotatable bonds is 3. The van der Waals surface area contributed by atoms with Crippen molar-refractivity contribution < 1.29 is 9.53 Å². The van der Waals surface area contributed by atoms with E-state index in [4.69, 9.17) is 4.74 Å². The summed E-state index contributed by atoms with van der Waals surface area (Å²) in [6, 6.07) is 0.334. The average molecular weight is 234 g/mol. The Hall–Kier alpha value is -1.69. The number of carbonyl (C=O) groups is 1. The van der Waals surface area contributed by atoms with E-state index in [1.165, 1.54) is 0 Å². The third-order valence-electron chi connectivity index (χ3n) is 3.10. The van der Waals surface area contributed by atoms with Gasteiger partial charge in [-0.2, -0.15) is 0 Å². The molecule has 0 unspecified atom stereocenters. The van der Waals surface area contributed by atoms with Crippen molar-refractivity contribution in [3.8, 4) is 0 Å². The van der Waals surface area contributed by atoms with E-state index < -0.39 is 0 Å². The molecule has 0 bridgehead atoms. The predicted molar refractivity (Wildman–Crippen MR) is 59.5 cm³/mol. The molecule has 2 aliphatic heterocycles. The van der Waals surface area contributed by atoms with Crippen molar-refractivity contribution in [1.29, 1.82) is 0 Å². The second-order valence-electron chi connectivity index (χ2n) is 4.34. The van der Waals surface area contributed by atoms with Crippen LogP contribution >= 0.6 is 0 Å². The highest BCUT2D eigenvalue weighted by molar-refractivity contribution is 6.07. The highest BCUT2D eigenvalue weighted by Crippen LogP contribution is 2.17. The topological polar surface area (TPSA) is 69.0 Å². The summed E-state index contributed by atoms with van der Waals surface area (Å²) < 4.78 is 6.92. The van der Waals surface area contributed by atoms with Crippen molar-refractivity contribution in [3.63, 3.8) is 0 Å². The average Bonchev–Trinajstić information content (AvgIpc) is 2.76. The number of hydrogen-bond acceptors (Lipinski definition) is 5. The molecule has 2 aliphatic rings. The lowest BCUT2D eigenvalue weighted by atomic mass is 10.0. The number of hydrogen-bond donors (Lipinski definition) is 1. The molecular weight excluding hydrogens is 220 g/mol. The summed E-state index contributed by atoms with van der Waals surface area (Å²) in [7, 11) is 0. The maximum absolute atomic E-state index is 12.1. The SMILES string of the molecule is O=C(C1=COCCC1)c1cn(C2CNC2)nn1. The van der Waals surface area contributed by atoms with E-state index in [-0.39, 0.29) is 5.78 Å². The fourth-order valence-corrected chi connectivity index (χ4v) is 1.92. The van der Waals surface area contributed by atoms with Crippen LogP contribution in [0.25, 0.3) is 0 Å². The van der Waals surface area contributed by atoms with Gasteiger partial charge in [-0.25, -0.2) is 4.68 Å². The van der Waals surface area contributed by atoms with Gasteiger partial charge in [0.15, 0.2) is 5.69 Å². The second-order valence-corrected chi connectivity index (χ2v) is 4.34. The van der Waals surface area contributed by atoms with E-state index in [2.05, 4.69) is 15.6 Å². The highest BCUT2D eigenvalue weighted by atomic mass is 16.5. The molecule has 1 aromatic heterocycles. The summed E-state index contributed by atoms with van der Waals surface area (Å²) in [6.45, 7) is 2.48. The van der Waals surface area contributed by atoms with Crippen molar-refractivity contribution in [2.45, 2.75) is 18.9 Å². The zero-order valence-corrected chi connectivity index (χ0v) is 9.43. The molecule has 0 aromatic carbocycles. The van der Waals surface area contributed by atoms with Crippen LogP contribution < -0.4 is 5.32 Å². The number of nitrogens with one attached hydrogen (secondary N) is 1. The molecule has 1 N–H and O–H groups in total. The molecule has 0 amide bonds. The lowest BCUT2D eigenvalue weighted by Crippen LogP contribution is -2.43. The van der Waals surface area contributed by atoms with Crippen molar-refractivity contribution in [2.75, 3.05) is 19.7 Å². The van der Waals surface area contributed by atoms with E-state index in [1.54, 1.807) is 17.1 Å². The Kier molecular flexibility index (Phi) is 2.64. The lowest BCUT2D eigenvalue weighted by Gasteiger charge is -2.26. The van der Waals surface area contributed by atoms with Crippen LogP contribution in [-0.2, 0) is 4.74 Å². The van der Waals surface area contributed by atoms with Gasteiger partial charge in [0.1, 0.15) is 0 Å². The predicted octanol–water partition coefficient (Wildman–Crippen LogP) is 0.299. The molecule has 0 aliphatic carbocycles. The Balaban J connectivity index is 1.76. The van der Waals surface area contributed by atoms with Crippen LogP contribution in [0.3, 0.4) is 0 Å². The van der Waals surface area contributed by atoms with E-state index in [1.807, 2.05) is 0 Å². The number of nitrogens with zero attached hydrogens (tertiary/aromatic N) is 3. The smallest absolute Gasteiger partial charge is 0.213 e. The molecule has 0 spiro atoms. The zero-order valence-electron chi connectivity index (χ0n) is 9.43. The second kappa shape index (κ2) is 4.29. The molecule has 90 valence electrons. The summed E-state index contributed by atoms with van der Waals surface area (Å²) in [6.07, 6.45) is 4.92. The fourth-order valence-electron chi connectivity index (χ4n) is 1.92. The summed E-state index contributed by atoms with van der Waals surface area (Å²) in [5, 5.41) is 11.1. The van der Waals surface area contributed by atoms with Gasteiger partial charge in [-0.3, -0.25) is 4.79 Å². The first-order chi connectivity index (χ1) is 8.34. The van der Waals surface area contributed by atoms with Crippen LogP contribution in [0.4, 0.5) is 0 Å². The molecule has 3 heterocycles. The quantitative estimate of drug-likeness (QED) is 0.762. The Labute approximate surface area is 98.6 Å². The van der Waals surface area contributed by atoms with Gasteiger partial charge in [0.25, 0.3) is 0 Å². The van der Waals surface area contributed by atoms with Crippen LogP contribution in [0.2, 0.25) is 0 Å². The Morgan fingerprint density at radius 2 is 2.41 bits per heavy atom. The van der Waals surface area contributed by atoms with Crippen LogP contribution in [-0.4, -0.2) is 40.5 Å². The van der Waals surface area contributed by atoms with Gasteiger partial charge in [0.05, 0.1) is 25.1 Å². The fraction of sp³-hybridized carbons (Fsp3) is 0.545. The minimum Gasteiger partial charge on any atom is -0.501 e. The number of Topliss-reactive ketones (excluding diaryl/α,β-unsaturated/α-hetero) is 1. The Morgan fingerprint density at radius 3 is 3.06 bits per heavy atom. The third kappa shape index (κ3) is 1.95. The van der Waals surface area contributed by atoms with E-state index in [0.29, 0.717) is 23.9 Å². The number of allylic oxidation sites excluding steroid dienone is 1. The van der Waals surface area contributed by atoms with Crippen LogP contribution in [0.1, 0.15) is 29.4 Å². The Morgan fingerprint density at radius 1 is 1.53 bits per heavy atom. The van der Waals surface area contributed by atoms with Crippen LogP contribution in [0, 0.1) is 0 Å². The van der Waals surface area contributed by atoms with Gasteiger partial charge in [-0.15, -0.1) is 5.10 Å². The van der Waals surface area contributed by atoms with Gasteiger partial charge < -0.3 is 10.1 Å². The van der Waals surface area contributed by atoms with Crippen molar-refractivity contribution in [3.05, 3.63) is 23.7 Å². The minimum absolute atomic E-state index is 0.0665. The molecule has 0 radical (unpaired) electrons. The molecule has 17 heavy (non-hydrogen) atoms. The van der Waals surface area contributed by atoms with E-state index in [9.17, 15) is 4.79 Å². The summed E-state index contributed by atoms with van der Waals surface area (Å²) in [5.41, 5.74) is 1.10. The molecule has 1 saturated heterocycles. The largest absolute Gasteiger partial charge is 0.501 e. The Bertz CT molecular complexity index is 462. The molecular formula is C11H14N4O2. The van der Waals surface area contributed by atoms with Crippen molar-refractivity contribution >= 4 is 5.78 Å². The summed E-state index contributed by atoms with van der Waals surface area (Å²) >= 11 is 0. The van der Waals surface area contributed by atoms with Crippen molar-refractivity contribution in [1.82, 2.24) is 20.3 Å². The van der Waals surface area contributed by atoms with E-state index >= 15 is 0 Å².